The molecule has 2 aromatic carbocycles. The van der Waals surface area contributed by atoms with Crippen LogP contribution in [0.1, 0.15) is 34.5 Å². The molecule has 0 radical (unpaired) electrons. The van der Waals surface area contributed by atoms with E-state index >= 15 is 0 Å². The van der Waals surface area contributed by atoms with Gasteiger partial charge in [0, 0.05) is 36.5 Å². The molecule has 26 heavy (non-hydrogen) atoms. The first-order chi connectivity index (χ1) is 12.7. The van der Waals surface area contributed by atoms with E-state index in [9.17, 15) is 4.79 Å². The second-order valence-electron chi connectivity index (χ2n) is 6.38. The highest BCUT2D eigenvalue weighted by molar-refractivity contribution is 6.00. The number of aryl methyl sites for hydroxylation is 1. The van der Waals surface area contributed by atoms with E-state index in [0.29, 0.717) is 6.54 Å². The zero-order valence-electron chi connectivity index (χ0n) is 15.1. The van der Waals surface area contributed by atoms with Gasteiger partial charge in [0.1, 0.15) is 5.75 Å². The number of fused-ring (bicyclic) bond motifs is 1. The van der Waals surface area contributed by atoms with Crippen LogP contribution in [0.3, 0.4) is 0 Å². The number of methoxy groups -OCH3 is 1. The third-order valence-electron chi connectivity index (χ3n) is 5.04. The van der Waals surface area contributed by atoms with Gasteiger partial charge in [0.2, 0.25) is 0 Å². The van der Waals surface area contributed by atoms with Gasteiger partial charge in [-0.05, 0) is 36.8 Å². The lowest BCUT2D eigenvalue weighted by molar-refractivity contribution is 0.0758. The largest absolute Gasteiger partial charge is 0.496 e. The Bertz CT molecular complexity index is 977. The van der Waals surface area contributed by atoms with Gasteiger partial charge in [-0.3, -0.25) is 9.48 Å². The van der Waals surface area contributed by atoms with E-state index in [1.165, 1.54) is 0 Å². The van der Waals surface area contributed by atoms with Crippen LogP contribution in [0.5, 0.6) is 5.75 Å². The first-order valence-corrected chi connectivity index (χ1v) is 8.72. The molecule has 1 atom stereocenters. The van der Waals surface area contributed by atoms with Gasteiger partial charge in [0.15, 0.2) is 0 Å². The molecule has 1 aliphatic heterocycles. The van der Waals surface area contributed by atoms with Crippen molar-refractivity contribution in [2.45, 2.75) is 13.0 Å². The van der Waals surface area contributed by atoms with Crippen molar-refractivity contribution < 1.29 is 9.53 Å². The number of amides is 1. The normalized spacial score (nSPS) is 16.0. The third kappa shape index (κ3) is 2.39. The van der Waals surface area contributed by atoms with Crippen molar-refractivity contribution in [3.8, 4) is 17.0 Å². The van der Waals surface area contributed by atoms with E-state index in [1.807, 2.05) is 66.0 Å². The molecule has 3 aromatic rings. The van der Waals surface area contributed by atoms with Crippen LogP contribution < -0.4 is 4.74 Å². The predicted molar refractivity (Wildman–Crippen MR) is 100 cm³/mol. The molecule has 1 unspecified atom stereocenters. The second-order valence-corrected chi connectivity index (χ2v) is 6.38. The van der Waals surface area contributed by atoms with Gasteiger partial charge in [-0.15, -0.1) is 0 Å². The van der Waals surface area contributed by atoms with Crippen LogP contribution in [0.4, 0.5) is 0 Å². The van der Waals surface area contributed by atoms with Crippen LogP contribution >= 0.6 is 0 Å². The molecule has 0 fully saturated rings. The summed E-state index contributed by atoms with van der Waals surface area (Å²) in [6, 6.07) is 15.8. The molecule has 132 valence electrons. The topological polar surface area (TPSA) is 47.4 Å². The number of benzene rings is 2. The van der Waals surface area contributed by atoms with Crippen LogP contribution in [-0.4, -0.2) is 34.2 Å². The van der Waals surface area contributed by atoms with Crippen LogP contribution in [0.25, 0.3) is 11.3 Å². The summed E-state index contributed by atoms with van der Waals surface area (Å²) in [7, 11) is 3.59. The number of nitrogens with zero attached hydrogens (tertiary/aromatic N) is 3. The van der Waals surface area contributed by atoms with Gasteiger partial charge < -0.3 is 9.64 Å². The smallest absolute Gasteiger partial charge is 0.255 e. The van der Waals surface area contributed by atoms with Gasteiger partial charge in [-0.25, -0.2) is 0 Å². The molecular weight excluding hydrogens is 326 g/mol. The summed E-state index contributed by atoms with van der Waals surface area (Å²) in [6.07, 6.45) is 1.78. The minimum absolute atomic E-state index is 0.0648. The minimum Gasteiger partial charge on any atom is -0.496 e. The maximum absolute atomic E-state index is 12.9. The fraction of sp³-hybridized carbons (Fsp3) is 0.238. The molecule has 0 spiro atoms. The quantitative estimate of drug-likeness (QED) is 0.724. The summed E-state index contributed by atoms with van der Waals surface area (Å²) in [5.41, 5.74) is 4.85. The number of carbonyl (C=O) groups excluding carboxylic acids is 1. The van der Waals surface area contributed by atoms with Gasteiger partial charge in [0.05, 0.1) is 18.8 Å². The molecule has 0 N–H and O–H groups in total. The Hall–Kier alpha value is -3.08. The Morgan fingerprint density at radius 2 is 1.92 bits per heavy atom. The van der Waals surface area contributed by atoms with Crippen molar-refractivity contribution in [3.63, 3.8) is 0 Å². The molecule has 1 aromatic heterocycles. The summed E-state index contributed by atoms with van der Waals surface area (Å²) < 4.78 is 7.41. The standard InChI is InChI=1S/C21H21N3O2/c1-4-24-20(16-7-5-6-8-19(16)26-3)17-13-14(9-10-15(17)21(24)25)18-11-12-22-23(18)2/h5-13,20H,4H2,1-3H3. The maximum Gasteiger partial charge on any atom is 0.255 e. The number of hydrogen-bond donors (Lipinski definition) is 0. The molecule has 2 heterocycles. The number of hydrogen-bond acceptors (Lipinski definition) is 3. The predicted octanol–water partition coefficient (Wildman–Crippen LogP) is 3.66. The Balaban J connectivity index is 1.91. The second kappa shape index (κ2) is 6.33. The van der Waals surface area contributed by atoms with E-state index in [0.717, 1.165) is 33.7 Å². The molecule has 0 bridgehead atoms. The maximum atomic E-state index is 12.9. The Morgan fingerprint density at radius 3 is 2.62 bits per heavy atom. The third-order valence-corrected chi connectivity index (χ3v) is 5.04. The van der Waals surface area contributed by atoms with E-state index in [4.69, 9.17) is 4.74 Å². The highest BCUT2D eigenvalue weighted by atomic mass is 16.5. The summed E-state index contributed by atoms with van der Waals surface area (Å²) in [4.78, 5) is 14.8. The molecule has 5 nitrogen and oxygen atoms in total. The highest BCUT2D eigenvalue weighted by Gasteiger charge is 2.38. The average Bonchev–Trinajstić information content (AvgIpc) is 3.22. The van der Waals surface area contributed by atoms with Gasteiger partial charge in [-0.2, -0.15) is 5.10 Å². The average molecular weight is 347 g/mol. The number of rotatable bonds is 4. The fourth-order valence-corrected chi connectivity index (χ4v) is 3.79. The van der Waals surface area contributed by atoms with E-state index in [-0.39, 0.29) is 11.9 Å². The first-order valence-electron chi connectivity index (χ1n) is 8.72. The van der Waals surface area contributed by atoms with Gasteiger partial charge >= 0.3 is 0 Å². The van der Waals surface area contributed by atoms with Crippen molar-refractivity contribution >= 4 is 5.91 Å². The number of aromatic nitrogens is 2. The zero-order chi connectivity index (χ0) is 18.3. The SMILES string of the molecule is CCN1C(=O)c2ccc(-c3ccnn3C)cc2C1c1ccccc1OC. The molecule has 1 aliphatic rings. The monoisotopic (exact) mass is 347 g/mol. The molecule has 0 saturated heterocycles. The molecule has 1 amide bonds. The van der Waals surface area contributed by atoms with Gasteiger partial charge in [-0.1, -0.05) is 24.3 Å². The summed E-state index contributed by atoms with van der Waals surface area (Å²) >= 11 is 0. The van der Waals surface area contributed by atoms with E-state index < -0.39 is 0 Å². The van der Waals surface area contributed by atoms with Crippen molar-refractivity contribution in [2.24, 2.45) is 7.05 Å². The first kappa shape index (κ1) is 16.4. The van der Waals surface area contributed by atoms with Crippen LogP contribution in [0.2, 0.25) is 0 Å². The number of para-hydroxylation sites is 1. The zero-order valence-corrected chi connectivity index (χ0v) is 15.1. The van der Waals surface area contributed by atoms with E-state index in [1.54, 1.807) is 13.3 Å². The van der Waals surface area contributed by atoms with Crippen molar-refractivity contribution in [1.82, 2.24) is 14.7 Å². The summed E-state index contributed by atoms with van der Waals surface area (Å²) in [5, 5.41) is 4.26. The Labute approximate surface area is 152 Å². The van der Waals surface area contributed by atoms with Crippen LogP contribution in [-0.2, 0) is 7.05 Å². The molecule has 0 saturated carbocycles. The Kier molecular flexibility index (Phi) is 3.99. The highest BCUT2D eigenvalue weighted by Crippen LogP contribution is 2.42. The number of ether oxygens (including phenoxy) is 1. The lowest BCUT2D eigenvalue weighted by Crippen LogP contribution is -2.28. The fourth-order valence-electron chi connectivity index (χ4n) is 3.79. The lowest BCUT2D eigenvalue weighted by atomic mass is 9.94. The molecule has 5 heteroatoms. The van der Waals surface area contributed by atoms with Gasteiger partial charge in [0.25, 0.3) is 5.91 Å². The lowest BCUT2D eigenvalue weighted by Gasteiger charge is -2.26. The summed E-state index contributed by atoms with van der Waals surface area (Å²) in [6.45, 7) is 2.64. The summed E-state index contributed by atoms with van der Waals surface area (Å²) in [5.74, 6) is 0.859. The minimum atomic E-state index is -0.146. The van der Waals surface area contributed by atoms with Crippen LogP contribution in [0.15, 0.2) is 54.7 Å². The van der Waals surface area contributed by atoms with Crippen LogP contribution in [0, 0.1) is 0 Å². The molecule has 4 rings (SSSR count). The molecule has 0 aliphatic carbocycles. The van der Waals surface area contributed by atoms with Crippen molar-refractivity contribution in [3.05, 3.63) is 71.4 Å². The Morgan fingerprint density at radius 1 is 1.12 bits per heavy atom. The van der Waals surface area contributed by atoms with E-state index in [2.05, 4.69) is 11.2 Å². The number of carbonyl (C=O) groups is 1. The van der Waals surface area contributed by atoms with Crippen molar-refractivity contribution in [2.75, 3.05) is 13.7 Å². The molecular formula is C21H21N3O2. The van der Waals surface area contributed by atoms with Crippen molar-refractivity contribution in [1.29, 1.82) is 0 Å².